The van der Waals surface area contributed by atoms with Gasteiger partial charge in [-0.1, -0.05) is 0 Å². The molecule has 0 fully saturated rings. The highest BCUT2D eigenvalue weighted by atomic mass is 15.3. The number of aromatic amines is 1. The van der Waals surface area contributed by atoms with Crippen LogP contribution in [0, 0.1) is 0 Å². The number of rotatable bonds is 1. The standard InChI is InChI=1S/C7H7N5/c8-7-3-5(1-2-9-7)6-4-10-12-11-6/h1-4H,(H2,8,9)(H,10,11,12). The maximum atomic E-state index is 5.50. The zero-order chi connectivity index (χ0) is 8.39. The Hall–Kier alpha value is -1.91. The largest absolute Gasteiger partial charge is 0.384 e. The van der Waals surface area contributed by atoms with Gasteiger partial charge in [-0.2, -0.15) is 15.4 Å². The van der Waals surface area contributed by atoms with Crippen molar-refractivity contribution in [3.8, 4) is 11.3 Å². The lowest BCUT2D eigenvalue weighted by Crippen LogP contribution is -1.89. The second-order valence-electron chi connectivity index (χ2n) is 2.32. The number of hydrogen-bond acceptors (Lipinski definition) is 4. The van der Waals surface area contributed by atoms with E-state index >= 15 is 0 Å². The molecule has 2 aromatic rings. The Morgan fingerprint density at radius 2 is 2.33 bits per heavy atom. The van der Waals surface area contributed by atoms with Crippen molar-refractivity contribution < 1.29 is 0 Å². The normalized spacial score (nSPS) is 10.0. The summed E-state index contributed by atoms with van der Waals surface area (Å²) in [6, 6.07) is 3.58. The molecule has 2 aromatic heterocycles. The number of anilines is 1. The first-order valence-corrected chi connectivity index (χ1v) is 3.44. The second-order valence-corrected chi connectivity index (χ2v) is 2.32. The molecule has 0 amide bonds. The molecule has 5 nitrogen and oxygen atoms in total. The Balaban J connectivity index is 2.48. The molecule has 0 aliphatic heterocycles. The fourth-order valence-corrected chi connectivity index (χ4v) is 0.948. The summed E-state index contributed by atoms with van der Waals surface area (Å²) in [7, 11) is 0. The minimum Gasteiger partial charge on any atom is -0.384 e. The summed E-state index contributed by atoms with van der Waals surface area (Å²) in [5.74, 6) is 0.482. The molecule has 0 aliphatic carbocycles. The molecule has 0 atom stereocenters. The fraction of sp³-hybridized carbons (Fsp3) is 0. The summed E-state index contributed by atoms with van der Waals surface area (Å²) in [6.45, 7) is 0. The Labute approximate surface area is 68.6 Å². The van der Waals surface area contributed by atoms with E-state index in [-0.39, 0.29) is 0 Å². The molecule has 0 saturated heterocycles. The van der Waals surface area contributed by atoms with Gasteiger partial charge in [0.15, 0.2) is 0 Å². The first kappa shape index (κ1) is 6.78. The van der Waals surface area contributed by atoms with Crippen molar-refractivity contribution in [2.75, 3.05) is 5.73 Å². The van der Waals surface area contributed by atoms with Crippen LogP contribution in [-0.2, 0) is 0 Å². The van der Waals surface area contributed by atoms with E-state index in [1.807, 2.05) is 6.07 Å². The van der Waals surface area contributed by atoms with Gasteiger partial charge in [0.25, 0.3) is 0 Å². The SMILES string of the molecule is Nc1cc(-c2cn[nH]n2)ccn1. The summed E-state index contributed by atoms with van der Waals surface area (Å²) >= 11 is 0. The van der Waals surface area contributed by atoms with Gasteiger partial charge in [0.05, 0.1) is 6.20 Å². The molecule has 3 N–H and O–H groups in total. The van der Waals surface area contributed by atoms with E-state index in [1.54, 1.807) is 18.5 Å². The molecule has 0 unspecified atom stereocenters. The summed E-state index contributed by atoms with van der Waals surface area (Å²) in [6.07, 6.45) is 3.27. The Morgan fingerprint density at radius 3 is 3.00 bits per heavy atom. The van der Waals surface area contributed by atoms with Crippen molar-refractivity contribution in [3.63, 3.8) is 0 Å². The molecular formula is C7H7N5. The minimum absolute atomic E-state index is 0.482. The highest BCUT2D eigenvalue weighted by molar-refractivity contribution is 5.60. The molecule has 0 radical (unpaired) electrons. The van der Waals surface area contributed by atoms with Crippen molar-refractivity contribution in [2.45, 2.75) is 0 Å². The zero-order valence-electron chi connectivity index (χ0n) is 6.23. The van der Waals surface area contributed by atoms with Crippen LogP contribution >= 0.6 is 0 Å². The van der Waals surface area contributed by atoms with Crippen LogP contribution < -0.4 is 5.73 Å². The first-order valence-electron chi connectivity index (χ1n) is 3.44. The molecular weight excluding hydrogens is 154 g/mol. The maximum absolute atomic E-state index is 5.50. The molecule has 12 heavy (non-hydrogen) atoms. The molecule has 60 valence electrons. The molecule has 2 heterocycles. The quantitative estimate of drug-likeness (QED) is 0.636. The number of pyridine rings is 1. The van der Waals surface area contributed by atoms with Crippen LogP contribution in [0.15, 0.2) is 24.5 Å². The van der Waals surface area contributed by atoms with Crippen LogP contribution in [0.5, 0.6) is 0 Å². The number of H-pyrrole nitrogens is 1. The van der Waals surface area contributed by atoms with Gasteiger partial charge in [-0.25, -0.2) is 4.98 Å². The van der Waals surface area contributed by atoms with Crippen molar-refractivity contribution in [1.29, 1.82) is 0 Å². The van der Waals surface area contributed by atoms with Crippen molar-refractivity contribution in [3.05, 3.63) is 24.5 Å². The Morgan fingerprint density at radius 1 is 1.42 bits per heavy atom. The second kappa shape index (κ2) is 2.61. The number of nitrogen functional groups attached to an aromatic ring is 1. The Bertz CT molecular complexity index is 367. The summed E-state index contributed by atoms with van der Waals surface area (Å²) in [5, 5.41) is 10.1. The highest BCUT2D eigenvalue weighted by Crippen LogP contribution is 2.15. The third-order valence-electron chi connectivity index (χ3n) is 1.49. The zero-order valence-corrected chi connectivity index (χ0v) is 6.23. The van der Waals surface area contributed by atoms with E-state index < -0.39 is 0 Å². The van der Waals surface area contributed by atoms with Crippen molar-refractivity contribution >= 4 is 5.82 Å². The van der Waals surface area contributed by atoms with Gasteiger partial charge in [0.2, 0.25) is 0 Å². The highest BCUT2D eigenvalue weighted by Gasteiger charge is 1.99. The smallest absolute Gasteiger partial charge is 0.123 e. The molecule has 0 spiro atoms. The van der Waals surface area contributed by atoms with Crippen LogP contribution in [0.2, 0.25) is 0 Å². The number of nitrogens with two attached hydrogens (primary N) is 1. The summed E-state index contributed by atoms with van der Waals surface area (Å²) in [4.78, 5) is 3.87. The van der Waals surface area contributed by atoms with Crippen molar-refractivity contribution in [1.82, 2.24) is 20.4 Å². The van der Waals surface area contributed by atoms with E-state index in [0.29, 0.717) is 5.82 Å². The molecule has 2 rings (SSSR count). The average Bonchev–Trinajstić information content (AvgIpc) is 2.56. The van der Waals surface area contributed by atoms with Gasteiger partial charge < -0.3 is 5.73 Å². The summed E-state index contributed by atoms with van der Waals surface area (Å²) < 4.78 is 0. The third-order valence-corrected chi connectivity index (χ3v) is 1.49. The molecule has 5 heteroatoms. The van der Waals surface area contributed by atoms with E-state index in [0.717, 1.165) is 11.3 Å². The van der Waals surface area contributed by atoms with Gasteiger partial charge in [-0.3, -0.25) is 0 Å². The lowest BCUT2D eigenvalue weighted by Gasteiger charge is -1.95. The lowest BCUT2D eigenvalue weighted by atomic mass is 10.2. The predicted octanol–water partition coefficient (Wildman–Crippen LogP) is 0.449. The fourth-order valence-electron chi connectivity index (χ4n) is 0.948. The Kier molecular flexibility index (Phi) is 1.48. The third kappa shape index (κ3) is 1.12. The van der Waals surface area contributed by atoms with Crippen LogP contribution in [-0.4, -0.2) is 20.4 Å². The van der Waals surface area contributed by atoms with Crippen LogP contribution in [0.25, 0.3) is 11.3 Å². The van der Waals surface area contributed by atoms with Gasteiger partial charge in [-0.05, 0) is 12.1 Å². The number of aromatic nitrogens is 4. The van der Waals surface area contributed by atoms with Crippen LogP contribution in [0.1, 0.15) is 0 Å². The molecule has 0 aromatic carbocycles. The van der Waals surface area contributed by atoms with E-state index in [2.05, 4.69) is 20.4 Å². The van der Waals surface area contributed by atoms with Crippen LogP contribution in [0.3, 0.4) is 0 Å². The number of nitrogens with one attached hydrogen (secondary N) is 1. The minimum atomic E-state index is 0.482. The number of hydrogen-bond donors (Lipinski definition) is 2. The number of nitrogens with zero attached hydrogens (tertiary/aromatic N) is 3. The first-order chi connectivity index (χ1) is 5.86. The maximum Gasteiger partial charge on any atom is 0.123 e. The van der Waals surface area contributed by atoms with E-state index in [9.17, 15) is 0 Å². The van der Waals surface area contributed by atoms with Gasteiger partial charge in [0.1, 0.15) is 11.5 Å². The topological polar surface area (TPSA) is 80.5 Å². The average molecular weight is 161 g/mol. The van der Waals surface area contributed by atoms with E-state index in [4.69, 9.17) is 5.73 Å². The van der Waals surface area contributed by atoms with E-state index in [1.165, 1.54) is 0 Å². The van der Waals surface area contributed by atoms with Crippen molar-refractivity contribution in [2.24, 2.45) is 0 Å². The molecule has 0 aliphatic rings. The lowest BCUT2D eigenvalue weighted by molar-refractivity contribution is 0.942. The van der Waals surface area contributed by atoms with Gasteiger partial charge in [0, 0.05) is 11.8 Å². The molecule has 0 bridgehead atoms. The predicted molar refractivity (Wildman–Crippen MR) is 44.0 cm³/mol. The monoisotopic (exact) mass is 161 g/mol. The van der Waals surface area contributed by atoms with Gasteiger partial charge >= 0.3 is 0 Å². The molecule has 0 saturated carbocycles. The van der Waals surface area contributed by atoms with Crippen LogP contribution in [0.4, 0.5) is 5.82 Å². The summed E-state index contributed by atoms with van der Waals surface area (Å²) in [5.41, 5.74) is 7.18. The van der Waals surface area contributed by atoms with Gasteiger partial charge in [-0.15, -0.1) is 0 Å².